The number of nitrogens with one attached hydrogen (secondary N) is 1. The lowest BCUT2D eigenvalue weighted by atomic mass is 9.84. The predicted molar refractivity (Wildman–Crippen MR) is 292 cm³/mol. The molecule has 76 heavy (non-hydrogen) atoms. The van der Waals surface area contributed by atoms with Crippen LogP contribution in [-0.4, -0.2) is 119 Å². The quantitative estimate of drug-likeness (QED) is 0.0261. The van der Waals surface area contributed by atoms with Crippen molar-refractivity contribution in [2.75, 3.05) is 65.8 Å². The van der Waals surface area contributed by atoms with E-state index in [4.69, 9.17) is 33.2 Å². The third-order valence-electron chi connectivity index (χ3n) is 14.9. The minimum absolute atomic E-state index is 0.0165. The lowest BCUT2D eigenvalue weighted by Gasteiger charge is -2.33. The molecule has 1 heterocycles. The van der Waals surface area contributed by atoms with Crippen LogP contribution in [0, 0.1) is 16.7 Å². The normalized spacial score (nSPS) is 17.7. The van der Waals surface area contributed by atoms with Crippen molar-refractivity contribution in [3.63, 3.8) is 0 Å². The molecule has 3 fully saturated rings. The molecule has 1 aliphatic heterocycles. The van der Waals surface area contributed by atoms with Crippen LogP contribution in [0.3, 0.4) is 0 Å². The van der Waals surface area contributed by atoms with E-state index in [0.717, 1.165) is 103 Å². The summed E-state index contributed by atoms with van der Waals surface area (Å²) in [7, 11) is 0. The van der Waals surface area contributed by atoms with Crippen molar-refractivity contribution in [3.05, 3.63) is 24.3 Å². The van der Waals surface area contributed by atoms with Crippen LogP contribution in [0.1, 0.15) is 226 Å². The monoisotopic (exact) mass is 1070 g/mol. The summed E-state index contributed by atoms with van der Waals surface area (Å²) in [4.78, 5) is 94.2. The van der Waals surface area contributed by atoms with E-state index in [1.54, 1.807) is 0 Å². The minimum Gasteiger partial charge on any atom is -0.465 e. The molecule has 0 radical (unpaired) electrons. The standard InChI is InChI=1S/C60H100N2O14/c1-4-7-10-13-15-17-26-43-70-52(63)29-20-22-31-54(65)72-46-59(49-75-57(68)60-37-35-50(45-60)36-38-60,47-73-55(66)32-23-21-30-53(64)71-44-27-18-16-14-11-8-5-2)48-74-56(67)34-33-51(28-19-12-9-6-3)76-58(69)61-39-42-62-40-24-25-41-62/h15-18,50-51H,4-14,19-49H2,1-3H3,(H,61,69)/b17-15-,18-16-. The first kappa shape index (κ1) is 65.8. The maximum Gasteiger partial charge on any atom is 0.407 e. The van der Waals surface area contributed by atoms with Gasteiger partial charge in [0, 0.05) is 45.2 Å². The first-order chi connectivity index (χ1) is 36.9. The van der Waals surface area contributed by atoms with E-state index in [0.29, 0.717) is 83.5 Å². The summed E-state index contributed by atoms with van der Waals surface area (Å²) in [6.45, 7) is 8.72. The van der Waals surface area contributed by atoms with Crippen LogP contribution in [0.25, 0.3) is 0 Å². The fourth-order valence-electron chi connectivity index (χ4n) is 10.1. The van der Waals surface area contributed by atoms with E-state index in [-0.39, 0.29) is 63.0 Å². The maximum atomic E-state index is 13.9. The Morgan fingerprint density at radius 3 is 1.49 bits per heavy atom. The van der Waals surface area contributed by atoms with E-state index >= 15 is 0 Å². The number of ether oxygens (including phenoxy) is 7. The van der Waals surface area contributed by atoms with Crippen molar-refractivity contribution in [2.45, 2.75) is 232 Å². The van der Waals surface area contributed by atoms with Gasteiger partial charge in [-0.15, -0.1) is 0 Å². The molecule has 1 atom stereocenters. The maximum absolute atomic E-state index is 13.9. The molecular weight excluding hydrogens is 973 g/mol. The Hall–Kier alpha value is -4.47. The highest BCUT2D eigenvalue weighted by Crippen LogP contribution is 2.54. The summed E-state index contributed by atoms with van der Waals surface area (Å²) < 4.78 is 40.2. The Morgan fingerprint density at radius 2 is 1.00 bits per heavy atom. The number of likely N-dealkylation sites (tertiary alicyclic amines) is 1. The van der Waals surface area contributed by atoms with Gasteiger partial charge in [-0.05, 0) is 147 Å². The summed E-state index contributed by atoms with van der Waals surface area (Å²) in [5.74, 6) is -2.35. The number of unbranched alkanes of at least 4 members (excludes halogenated alkanes) is 11. The summed E-state index contributed by atoms with van der Waals surface area (Å²) in [5, 5.41) is 2.86. The number of amides is 1. The summed E-state index contributed by atoms with van der Waals surface area (Å²) >= 11 is 0. The van der Waals surface area contributed by atoms with Gasteiger partial charge < -0.3 is 43.4 Å². The van der Waals surface area contributed by atoms with Crippen LogP contribution in [0.2, 0.25) is 0 Å². The molecule has 434 valence electrons. The Labute approximate surface area is 456 Å². The van der Waals surface area contributed by atoms with Crippen molar-refractivity contribution in [1.29, 1.82) is 0 Å². The van der Waals surface area contributed by atoms with E-state index < -0.39 is 60.8 Å². The van der Waals surface area contributed by atoms with Gasteiger partial charge in [0.1, 0.15) is 37.9 Å². The lowest BCUT2D eigenvalue weighted by molar-refractivity contribution is -0.175. The molecule has 1 unspecified atom stereocenters. The van der Waals surface area contributed by atoms with Gasteiger partial charge in [0.25, 0.3) is 0 Å². The number of fused-ring (bicyclic) bond motifs is 2. The average molecular weight is 1070 g/mol. The number of carbonyl (C=O) groups excluding carboxylic acids is 7. The summed E-state index contributed by atoms with van der Waals surface area (Å²) in [5.41, 5.74) is -2.08. The summed E-state index contributed by atoms with van der Waals surface area (Å²) in [6, 6.07) is 0. The fraction of sp³-hybridized carbons (Fsp3) is 0.817. The third-order valence-corrected chi connectivity index (χ3v) is 14.9. The van der Waals surface area contributed by atoms with Crippen LogP contribution in [-0.2, 0) is 61.9 Å². The average Bonchev–Trinajstić information content (AvgIpc) is 4.21. The van der Waals surface area contributed by atoms with Crippen molar-refractivity contribution < 1.29 is 66.7 Å². The number of rotatable bonds is 45. The van der Waals surface area contributed by atoms with Gasteiger partial charge in [0.2, 0.25) is 0 Å². The number of esters is 6. The number of alkyl carbamates (subject to hydrolysis) is 1. The van der Waals surface area contributed by atoms with Crippen LogP contribution in [0.4, 0.5) is 4.79 Å². The van der Waals surface area contributed by atoms with Crippen molar-refractivity contribution in [2.24, 2.45) is 16.7 Å². The Balaban J connectivity index is 1.66. The number of allylic oxidation sites excluding steroid dienone is 2. The molecule has 2 aliphatic carbocycles. The molecule has 2 saturated carbocycles. The molecule has 1 saturated heterocycles. The largest absolute Gasteiger partial charge is 0.465 e. The van der Waals surface area contributed by atoms with E-state index in [1.807, 2.05) is 12.2 Å². The molecule has 0 spiro atoms. The molecule has 1 N–H and O–H groups in total. The minimum atomic E-state index is -1.47. The second kappa shape index (κ2) is 40.7. The van der Waals surface area contributed by atoms with Gasteiger partial charge in [0.15, 0.2) is 0 Å². The van der Waals surface area contributed by atoms with E-state index in [1.165, 1.54) is 25.7 Å². The first-order valence-electron chi connectivity index (χ1n) is 29.8. The van der Waals surface area contributed by atoms with Crippen LogP contribution in [0.5, 0.6) is 0 Å². The lowest BCUT2D eigenvalue weighted by Crippen LogP contribution is -2.45. The second-order valence-electron chi connectivity index (χ2n) is 21.7. The van der Waals surface area contributed by atoms with Crippen molar-refractivity contribution >= 4 is 41.9 Å². The molecule has 3 aliphatic rings. The van der Waals surface area contributed by atoms with E-state index in [9.17, 15) is 33.6 Å². The number of hydrogen-bond acceptors (Lipinski definition) is 15. The van der Waals surface area contributed by atoms with Gasteiger partial charge >= 0.3 is 41.9 Å². The Kier molecular flexibility index (Phi) is 35.2. The molecule has 2 bridgehead atoms. The zero-order valence-corrected chi connectivity index (χ0v) is 47.3. The molecule has 0 aromatic rings. The van der Waals surface area contributed by atoms with E-state index in [2.05, 4.69) is 43.1 Å². The zero-order valence-electron chi connectivity index (χ0n) is 47.3. The second-order valence-corrected chi connectivity index (χ2v) is 21.7. The Morgan fingerprint density at radius 1 is 0.539 bits per heavy atom. The first-order valence-corrected chi connectivity index (χ1v) is 29.8. The van der Waals surface area contributed by atoms with Gasteiger partial charge in [-0.2, -0.15) is 0 Å². The van der Waals surface area contributed by atoms with Gasteiger partial charge in [-0.3, -0.25) is 28.8 Å². The zero-order chi connectivity index (χ0) is 55.0. The van der Waals surface area contributed by atoms with Crippen LogP contribution < -0.4 is 5.32 Å². The highest BCUT2D eigenvalue weighted by Gasteiger charge is 2.52. The molecular formula is C60H100N2O14. The molecule has 0 aromatic heterocycles. The predicted octanol–water partition coefficient (Wildman–Crippen LogP) is 11.9. The van der Waals surface area contributed by atoms with Crippen LogP contribution >= 0.6 is 0 Å². The van der Waals surface area contributed by atoms with Crippen molar-refractivity contribution in [3.8, 4) is 0 Å². The van der Waals surface area contributed by atoms with Crippen molar-refractivity contribution in [1.82, 2.24) is 10.2 Å². The fourth-order valence-corrected chi connectivity index (χ4v) is 10.1. The Bertz CT molecular complexity index is 1660. The topological polar surface area (TPSA) is 199 Å². The SMILES string of the molecule is CCCCC/C=C\CCOC(=O)CCCCC(=O)OCC(COC(=O)CCCCC(=O)OCC/C=C\CCCCC)(COC(=O)CCC(CCCCCC)OC(=O)NCCN1CCCC1)COC(=O)C12CCC(CC1)C2. The third kappa shape index (κ3) is 29.9. The molecule has 16 heteroatoms. The molecule has 0 aromatic carbocycles. The van der Waals surface area contributed by atoms with Crippen LogP contribution in [0.15, 0.2) is 24.3 Å². The highest BCUT2D eigenvalue weighted by atomic mass is 16.6. The summed E-state index contributed by atoms with van der Waals surface area (Å²) in [6.07, 6.45) is 30.3. The molecule has 1 amide bonds. The highest BCUT2D eigenvalue weighted by molar-refractivity contribution is 5.78. The van der Waals surface area contributed by atoms with Gasteiger partial charge in [-0.25, -0.2) is 4.79 Å². The number of carbonyl (C=O) groups is 7. The molecule has 3 rings (SSSR count). The smallest absolute Gasteiger partial charge is 0.407 e. The van der Waals surface area contributed by atoms with Gasteiger partial charge in [0.05, 0.1) is 18.6 Å². The van der Waals surface area contributed by atoms with Gasteiger partial charge in [-0.1, -0.05) is 90.0 Å². The number of nitrogens with zero attached hydrogens (tertiary/aromatic N) is 1. The number of hydrogen-bond donors (Lipinski definition) is 1. The molecule has 16 nitrogen and oxygen atoms in total.